The molecule has 2 aromatic carbocycles. The Kier molecular flexibility index (Phi) is 7.33. The van der Waals surface area contributed by atoms with Crippen molar-refractivity contribution >= 4 is 29.6 Å². The first-order chi connectivity index (χ1) is 14.3. The van der Waals surface area contributed by atoms with Crippen molar-refractivity contribution in [1.29, 1.82) is 0 Å². The van der Waals surface area contributed by atoms with Gasteiger partial charge in [-0.3, -0.25) is 14.4 Å². The van der Waals surface area contributed by atoms with Crippen LogP contribution in [-0.2, 0) is 16.1 Å². The molecule has 1 atom stereocenters. The Labute approximate surface area is 180 Å². The van der Waals surface area contributed by atoms with E-state index in [1.54, 1.807) is 24.1 Å². The Hall–Kier alpha value is -2.58. The Morgan fingerprint density at radius 1 is 1.27 bits per heavy atom. The first-order valence-electron chi connectivity index (χ1n) is 9.83. The zero-order valence-corrected chi connectivity index (χ0v) is 18.1. The summed E-state index contributed by atoms with van der Waals surface area (Å²) in [6.45, 7) is 6.87. The molecule has 0 spiro atoms. The van der Waals surface area contributed by atoms with Crippen LogP contribution in [0.15, 0.2) is 42.5 Å². The van der Waals surface area contributed by atoms with Gasteiger partial charge in [0.1, 0.15) is 11.9 Å². The number of carbonyl (C=O) groups is 2. The molecule has 1 saturated heterocycles. The van der Waals surface area contributed by atoms with Crippen LogP contribution in [0.5, 0.6) is 0 Å². The van der Waals surface area contributed by atoms with E-state index in [0.717, 1.165) is 17.7 Å². The lowest BCUT2D eigenvalue weighted by Gasteiger charge is -2.15. The lowest BCUT2D eigenvalue weighted by molar-refractivity contribution is -0.119. The highest BCUT2D eigenvalue weighted by molar-refractivity contribution is 7.97. The van der Waals surface area contributed by atoms with Gasteiger partial charge in [0, 0.05) is 24.3 Å². The van der Waals surface area contributed by atoms with Gasteiger partial charge in [-0.25, -0.2) is 9.18 Å². The van der Waals surface area contributed by atoms with Crippen molar-refractivity contribution in [3.63, 3.8) is 0 Å². The Morgan fingerprint density at radius 2 is 2.00 bits per heavy atom. The average Bonchev–Trinajstić information content (AvgIpc) is 3.07. The second-order valence-corrected chi connectivity index (χ2v) is 8.87. The van der Waals surface area contributed by atoms with Gasteiger partial charge in [-0.1, -0.05) is 50.1 Å². The van der Waals surface area contributed by atoms with Crippen molar-refractivity contribution in [3.8, 4) is 11.1 Å². The SMILES string of the molecule is CC(=O)NCC1CN(c2ccc(-c3ccc(CNSC(C)C)cc3)c(F)c2)C(=O)O1. The van der Waals surface area contributed by atoms with Crippen LogP contribution >= 0.6 is 11.9 Å². The lowest BCUT2D eigenvalue weighted by atomic mass is 10.0. The number of nitrogens with one attached hydrogen (secondary N) is 2. The van der Waals surface area contributed by atoms with E-state index in [1.807, 2.05) is 24.3 Å². The van der Waals surface area contributed by atoms with Crippen LogP contribution in [0, 0.1) is 5.82 Å². The summed E-state index contributed by atoms with van der Waals surface area (Å²) in [5, 5.41) is 3.13. The molecule has 1 aliphatic heterocycles. The second-order valence-electron chi connectivity index (χ2n) is 7.40. The van der Waals surface area contributed by atoms with Crippen LogP contribution in [0.25, 0.3) is 11.1 Å². The van der Waals surface area contributed by atoms with E-state index in [0.29, 0.717) is 16.5 Å². The van der Waals surface area contributed by atoms with E-state index in [-0.39, 0.29) is 19.0 Å². The predicted octanol–water partition coefficient (Wildman–Crippen LogP) is 4.10. The number of halogens is 1. The third-order valence-corrected chi connectivity index (χ3v) is 5.36. The fourth-order valence-corrected chi connectivity index (χ4v) is 3.68. The third kappa shape index (κ3) is 5.73. The molecule has 1 unspecified atom stereocenters. The van der Waals surface area contributed by atoms with E-state index >= 15 is 0 Å². The van der Waals surface area contributed by atoms with Crippen LogP contribution in [0.4, 0.5) is 14.9 Å². The molecule has 1 heterocycles. The highest BCUT2D eigenvalue weighted by Gasteiger charge is 2.32. The molecule has 0 radical (unpaired) electrons. The smallest absolute Gasteiger partial charge is 0.414 e. The number of amides is 2. The molecule has 0 aliphatic carbocycles. The molecule has 0 saturated carbocycles. The van der Waals surface area contributed by atoms with Crippen LogP contribution < -0.4 is 14.9 Å². The maximum absolute atomic E-state index is 14.8. The standard InChI is InChI=1S/C22H26FN3O3S/c1-14(2)30-25-11-16-4-6-17(7-5-16)20-9-8-18(10-21(20)23)26-13-19(29-22(26)28)12-24-15(3)27/h4-10,14,19,25H,11-13H2,1-3H3,(H,24,27). The number of benzene rings is 2. The van der Waals surface area contributed by atoms with Crippen molar-refractivity contribution in [1.82, 2.24) is 10.0 Å². The minimum absolute atomic E-state index is 0.194. The zero-order valence-electron chi connectivity index (χ0n) is 17.3. The normalized spacial score (nSPS) is 16.1. The minimum atomic E-state index is -0.548. The van der Waals surface area contributed by atoms with Gasteiger partial charge in [-0.2, -0.15) is 0 Å². The molecule has 1 fully saturated rings. The van der Waals surface area contributed by atoms with Gasteiger partial charge in [0.2, 0.25) is 5.91 Å². The molecule has 0 aromatic heterocycles. The van der Waals surface area contributed by atoms with Gasteiger partial charge >= 0.3 is 6.09 Å². The number of hydrogen-bond acceptors (Lipinski definition) is 5. The van der Waals surface area contributed by atoms with Crippen molar-refractivity contribution in [3.05, 3.63) is 53.8 Å². The molecule has 3 rings (SSSR count). The van der Waals surface area contributed by atoms with Crippen molar-refractivity contribution in [2.45, 2.75) is 38.7 Å². The molecule has 160 valence electrons. The van der Waals surface area contributed by atoms with Crippen LogP contribution in [0.1, 0.15) is 26.3 Å². The average molecular weight is 432 g/mol. The Morgan fingerprint density at radius 3 is 2.63 bits per heavy atom. The summed E-state index contributed by atoms with van der Waals surface area (Å²) >= 11 is 1.67. The van der Waals surface area contributed by atoms with Crippen molar-refractivity contribution in [2.75, 3.05) is 18.0 Å². The summed E-state index contributed by atoms with van der Waals surface area (Å²) in [6.07, 6.45) is -1.01. The van der Waals surface area contributed by atoms with E-state index in [1.165, 1.54) is 17.9 Å². The number of rotatable bonds is 8. The van der Waals surface area contributed by atoms with E-state index < -0.39 is 18.0 Å². The summed E-state index contributed by atoms with van der Waals surface area (Å²) in [7, 11) is 0. The minimum Gasteiger partial charge on any atom is -0.442 e. The highest BCUT2D eigenvalue weighted by Crippen LogP contribution is 2.29. The molecule has 8 heteroatoms. The van der Waals surface area contributed by atoms with Crippen molar-refractivity contribution < 1.29 is 18.7 Å². The molecule has 2 N–H and O–H groups in total. The fraction of sp³-hybridized carbons (Fsp3) is 0.364. The summed E-state index contributed by atoms with van der Waals surface area (Å²) in [5.41, 5.74) is 2.79. The first-order valence-corrected chi connectivity index (χ1v) is 10.7. The van der Waals surface area contributed by atoms with Gasteiger partial charge in [0.15, 0.2) is 0 Å². The zero-order chi connectivity index (χ0) is 21.7. The molecule has 6 nitrogen and oxygen atoms in total. The van der Waals surface area contributed by atoms with E-state index in [2.05, 4.69) is 23.9 Å². The van der Waals surface area contributed by atoms with Crippen LogP contribution in [0.3, 0.4) is 0 Å². The van der Waals surface area contributed by atoms with Crippen LogP contribution in [-0.4, -0.2) is 36.4 Å². The molecule has 2 aromatic rings. The second kappa shape index (κ2) is 9.95. The summed E-state index contributed by atoms with van der Waals surface area (Å²) in [6, 6.07) is 12.4. The number of carbonyl (C=O) groups excluding carboxylic acids is 2. The summed E-state index contributed by atoms with van der Waals surface area (Å²) in [5.74, 6) is -0.604. The summed E-state index contributed by atoms with van der Waals surface area (Å²) < 4.78 is 23.3. The monoisotopic (exact) mass is 431 g/mol. The summed E-state index contributed by atoms with van der Waals surface area (Å²) in [4.78, 5) is 24.5. The van der Waals surface area contributed by atoms with Gasteiger partial charge in [0.05, 0.1) is 18.8 Å². The molecular weight excluding hydrogens is 405 g/mol. The molecule has 1 aliphatic rings. The number of nitrogens with zero attached hydrogens (tertiary/aromatic N) is 1. The molecule has 30 heavy (non-hydrogen) atoms. The Bertz CT molecular complexity index is 905. The third-order valence-electron chi connectivity index (χ3n) is 4.58. The molecular formula is C22H26FN3O3S. The maximum atomic E-state index is 14.8. The molecule has 0 bridgehead atoms. The predicted molar refractivity (Wildman–Crippen MR) is 118 cm³/mol. The maximum Gasteiger partial charge on any atom is 0.414 e. The number of cyclic esters (lactones) is 1. The first kappa shape index (κ1) is 22.1. The highest BCUT2D eigenvalue weighted by atomic mass is 32.2. The number of anilines is 1. The Balaban J connectivity index is 1.66. The lowest BCUT2D eigenvalue weighted by Crippen LogP contribution is -2.33. The molecule has 2 amide bonds. The number of ether oxygens (including phenoxy) is 1. The fourth-order valence-electron chi connectivity index (χ4n) is 3.10. The largest absolute Gasteiger partial charge is 0.442 e. The van der Waals surface area contributed by atoms with Gasteiger partial charge < -0.3 is 10.1 Å². The van der Waals surface area contributed by atoms with Gasteiger partial charge in [0.25, 0.3) is 0 Å². The van der Waals surface area contributed by atoms with E-state index in [4.69, 9.17) is 4.74 Å². The van der Waals surface area contributed by atoms with Gasteiger partial charge in [-0.15, -0.1) is 0 Å². The van der Waals surface area contributed by atoms with Gasteiger partial charge in [-0.05, 0) is 29.3 Å². The quantitative estimate of drug-likeness (QED) is 0.616. The topological polar surface area (TPSA) is 70.7 Å². The number of hydrogen-bond donors (Lipinski definition) is 2. The van der Waals surface area contributed by atoms with Crippen molar-refractivity contribution in [2.24, 2.45) is 0 Å². The van der Waals surface area contributed by atoms with Crippen LogP contribution in [0.2, 0.25) is 0 Å². The van der Waals surface area contributed by atoms with E-state index in [9.17, 15) is 14.0 Å².